The summed E-state index contributed by atoms with van der Waals surface area (Å²) in [7, 11) is 0. The van der Waals surface area contributed by atoms with Crippen molar-refractivity contribution in [3.63, 3.8) is 0 Å². The molecular formula is C13H11N3O2S. The van der Waals surface area contributed by atoms with Crippen molar-refractivity contribution in [3.05, 3.63) is 35.0 Å². The van der Waals surface area contributed by atoms with Crippen LogP contribution in [-0.2, 0) is 11.3 Å². The lowest BCUT2D eigenvalue weighted by Crippen LogP contribution is -2.17. The zero-order valence-electron chi connectivity index (χ0n) is 10.2. The molecule has 0 bridgehead atoms. The third-order valence-corrected chi connectivity index (χ3v) is 3.74. The molecule has 0 radical (unpaired) electrons. The highest BCUT2D eigenvalue weighted by Crippen LogP contribution is 2.26. The number of carbonyl (C=O) groups excluding carboxylic acids is 2. The number of thioether (sulfide) groups is 1. The second kappa shape index (κ2) is 4.55. The van der Waals surface area contributed by atoms with Gasteiger partial charge in [-0.3, -0.25) is 14.9 Å². The predicted octanol–water partition coefficient (Wildman–Crippen LogP) is 2.38. The Labute approximate surface area is 113 Å². The molecule has 1 aliphatic heterocycles. The van der Waals surface area contributed by atoms with E-state index < -0.39 is 0 Å². The van der Waals surface area contributed by atoms with Crippen LogP contribution in [0, 0.1) is 0 Å². The summed E-state index contributed by atoms with van der Waals surface area (Å²) in [6, 6.07) is 5.77. The van der Waals surface area contributed by atoms with Crippen LogP contribution in [0.15, 0.2) is 29.4 Å². The summed E-state index contributed by atoms with van der Waals surface area (Å²) in [6.07, 6.45) is 3.51. The fourth-order valence-electron chi connectivity index (χ4n) is 1.99. The lowest BCUT2D eigenvalue weighted by molar-refractivity contribution is -0.115. The zero-order valence-corrected chi connectivity index (χ0v) is 11.0. The van der Waals surface area contributed by atoms with E-state index >= 15 is 0 Å². The molecule has 2 aromatic rings. The van der Waals surface area contributed by atoms with Crippen LogP contribution in [-0.4, -0.2) is 20.7 Å². The van der Waals surface area contributed by atoms with Gasteiger partial charge < -0.3 is 4.57 Å². The molecule has 1 saturated heterocycles. The number of amides is 2. The molecule has 1 aromatic heterocycles. The summed E-state index contributed by atoms with van der Waals surface area (Å²) in [4.78, 5) is 27.3. The molecule has 96 valence electrons. The lowest BCUT2D eigenvalue weighted by atomic mass is 10.2. The quantitative estimate of drug-likeness (QED) is 0.853. The summed E-state index contributed by atoms with van der Waals surface area (Å²) < 4.78 is 2.03. The van der Waals surface area contributed by atoms with E-state index in [0.29, 0.717) is 4.91 Å². The maximum Gasteiger partial charge on any atom is 0.290 e. The average molecular weight is 273 g/mol. The summed E-state index contributed by atoms with van der Waals surface area (Å²) in [5.74, 6) is -0.334. The topological polar surface area (TPSA) is 64.0 Å². The van der Waals surface area contributed by atoms with Crippen LogP contribution in [0.25, 0.3) is 17.1 Å². The normalized spacial score (nSPS) is 17.4. The summed E-state index contributed by atoms with van der Waals surface area (Å²) >= 11 is 0.925. The fraction of sp³-hybridized carbons (Fsp3) is 0.154. The Kier molecular flexibility index (Phi) is 2.87. The predicted molar refractivity (Wildman–Crippen MR) is 74.5 cm³/mol. The average Bonchev–Trinajstić information content (AvgIpc) is 2.93. The van der Waals surface area contributed by atoms with Gasteiger partial charge in [-0.05, 0) is 42.5 Å². The van der Waals surface area contributed by atoms with Crippen molar-refractivity contribution >= 4 is 40.0 Å². The van der Waals surface area contributed by atoms with E-state index in [-0.39, 0.29) is 11.1 Å². The Morgan fingerprint density at radius 3 is 2.95 bits per heavy atom. The number of fused-ring (bicyclic) bond motifs is 1. The van der Waals surface area contributed by atoms with Crippen molar-refractivity contribution in [2.75, 3.05) is 0 Å². The van der Waals surface area contributed by atoms with Crippen molar-refractivity contribution in [3.8, 4) is 0 Å². The number of aromatic nitrogens is 2. The Morgan fingerprint density at radius 2 is 2.26 bits per heavy atom. The lowest BCUT2D eigenvalue weighted by Gasteiger charge is -2.00. The van der Waals surface area contributed by atoms with Crippen LogP contribution >= 0.6 is 11.8 Å². The molecule has 1 fully saturated rings. The highest BCUT2D eigenvalue weighted by molar-refractivity contribution is 8.18. The maximum absolute atomic E-state index is 11.5. The smallest absolute Gasteiger partial charge is 0.290 e. The van der Waals surface area contributed by atoms with Gasteiger partial charge in [0.1, 0.15) is 0 Å². The third kappa shape index (κ3) is 2.15. The number of carbonyl (C=O) groups is 2. The molecule has 1 aromatic carbocycles. The summed E-state index contributed by atoms with van der Waals surface area (Å²) in [5.41, 5.74) is 2.82. The van der Waals surface area contributed by atoms with E-state index in [1.807, 2.05) is 29.7 Å². The van der Waals surface area contributed by atoms with Crippen LogP contribution in [0.3, 0.4) is 0 Å². The number of nitrogens with zero attached hydrogens (tertiary/aromatic N) is 2. The number of imidazole rings is 1. The minimum Gasteiger partial charge on any atom is -0.331 e. The standard InChI is InChI=1S/C13H11N3O2S/c1-2-16-7-14-9-4-3-8(5-10(9)16)6-11-12(17)15-13(18)19-11/h3-7H,2H2,1H3,(H,15,17,18)/b11-6-. The van der Waals surface area contributed by atoms with Gasteiger partial charge in [-0.1, -0.05) is 6.07 Å². The first-order valence-corrected chi connectivity index (χ1v) is 6.69. The second-order valence-corrected chi connectivity index (χ2v) is 5.15. The van der Waals surface area contributed by atoms with E-state index in [4.69, 9.17) is 0 Å². The van der Waals surface area contributed by atoms with Gasteiger partial charge in [0.2, 0.25) is 0 Å². The Morgan fingerprint density at radius 1 is 1.42 bits per heavy atom. The SMILES string of the molecule is CCn1cnc2ccc(/C=C3\SC(=O)NC3=O)cc21. The monoisotopic (exact) mass is 273 g/mol. The highest BCUT2D eigenvalue weighted by Gasteiger charge is 2.24. The number of rotatable bonds is 2. The van der Waals surface area contributed by atoms with Crippen molar-refractivity contribution in [2.45, 2.75) is 13.5 Å². The number of benzene rings is 1. The Bertz CT molecular complexity index is 718. The van der Waals surface area contributed by atoms with Crippen LogP contribution in [0.5, 0.6) is 0 Å². The molecule has 0 unspecified atom stereocenters. The Balaban J connectivity index is 2.04. The first kappa shape index (κ1) is 12.0. The number of imide groups is 1. The fourth-order valence-corrected chi connectivity index (χ4v) is 2.67. The molecule has 0 saturated carbocycles. The molecule has 1 aliphatic rings. The summed E-state index contributed by atoms with van der Waals surface area (Å²) in [6.45, 7) is 2.88. The molecule has 0 aliphatic carbocycles. The number of hydrogen-bond acceptors (Lipinski definition) is 4. The van der Waals surface area contributed by atoms with Crippen molar-refractivity contribution in [2.24, 2.45) is 0 Å². The molecule has 1 N–H and O–H groups in total. The zero-order chi connectivity index (χ0) is 13.4. The van der Waals surface area contributed by atoms with Gasteiger partial charge in [-0.15, -0.1) is 0 Å². The van der Waals surface area contributed by atoms with Gasteiger partial charge in [0.25, 0.3) is 11.1 Å². The molecule has 2 amide bonds. The first-order chi connectivity index (χ1) is 9.17. The maximum atomic E-state index is 11.5. The van der Waals surface area contributed by atoms with Gasteiger partial charge in [-0.25, -0.2) is 4.98 Å². The van der Waals surface area contributed by atoms with Gasteiger partial charge in [-0.2, -0.15) is 0 Å². The largest absolute Gasteiger partial charge is 0.331 e. The van der Waals surface area contributed by atoms with E-state index in [9.17, 15) is 9.59 Å². The minimum atomic E-state index is -0.334. The minimum absolute atomic E-state index is 0.323. The number of hydrogen-bond donors (Lipinski definition) is 1. The van der Waals surface area contributed by atoms with E-state index in [0.717, 1.165) is 34.9 Å². The molecule has 2 heterocycles. The van der Waals surface area contributed by atoms with E-state index in [1.54, 1.807) is 12.4 Å². The summed E-state index contributed by atoms with van der Waals surface area (Å²) in [5, 5.41) is 1.92. The Hall–Kier alpha value is -2.08. The molecule has 5 nitrogen and oxygen atoms in total. The van der Waals surface area contributed by atoms with Gasteiger partial charge >= 0.3 is 0 Å². The van der Waals surface area contributed by atoms with Crippen molar-refractivity contribution in [1.29, 1.82) is 0 Å². The van der Waals surface area contributed by atoms with Crippen LogP contribution in [0.1, 0.15) is 12.5 Å². The van der Waals surface area contributed by atoms with Crippen LogP contribution in [0.4, 0.5) is 4.79 Å². The molecular weight excluding hydrogens is 262 g/mol. The first-order valence-electron chi connectivity index (χ1n) is 5.87. The van der Waals surface area contributed by atoms with E-state index in [2.05, 4.69) is 10.3 Å². The second-order valence-electron chi connectivity index (χ2n) is 4.13. The molecule has 0 atom stereocenters. The van der Waals surface area contributed by atoms with Crippen molar-refractivity contribution < 1.29 is 9.59 Å². The van der Waals surface area contributed by atoms with Gasteiger partial charge in [0, 0.05) is 6.54 Å². The molecule has 0 spiro atoms. The molecule has 3 rings (SSSR count). The van der Waals surface area contributed by atoms with Gasteiger partial charge in [0.15, 0.2) is 0 Å². The van der Waals surface area contributed by atoms with Crippen LogP contribution in [0.2, 0.25) is 0 Å². The number of nitrogens with one attached hydrogen (secondary N) is 1. The van der Waals surface area contributed by atoms with Gasteiger partial charge in [0.05, 0.1) is 22.3 Å². The molecule has 19 heavy (non-hydrogen) atoms. The van der Waals surface area contributed by atoms with Crippen molar-refractivity contribution in [1.82, 2.24) is 14.9 Å². The highest BCUT2D eigenvalue weighted by atomic mass is 32.2. The third-order valence-electron chi connectivity index (χ3n) is 2.93. The number of aryl methyl sites for hydroxylation is 1. The van der Waals surface area contributed by atoms with Crippen LogP contribution < -0.4 is 5.32 Å². The van der Waals surface area contributed by atoms with E-state index in [1.165, 1.54) is 0 Å². The molecule has 6 heteroatoms.